The predicted octanol–water partition coefficient (Wildman–Crippen LogP) is 4.85. The highest BCUT2D eigenvalue weighted by molar-refractivity contribution is 7.99. The van der Waals surface area contributed by atoms with Crippen molar-refractivity contribution in [1.82, 2.24) is 0 Å². The van der Waals surface area contributed by atoms with Crippen LogP contribution in [0.25, 0.3) is 0 Å². The lowest BCUT2D eigenvalue weighted by Gasteiger charge is -2.47. The Morgan fingerprint density at radius 3 is 2.63 bits per heavy atom. The van der Waals surface area contributed by atoms with Crippen LogP contribution in [0.3, 0.4) is 0 Å². The van der Waals surface area contributed by atoms with Crippen molar-refractivity contribution in [3.63, 3.8) is 0 Å². The summed E-state index contributed by atoms with van der Waals surface area (Å²) in [6, 6.07) is 9.76. The van der Waals surface area contributed by atoms with Gasteiger partial charge in [0.1, 0.15) is 0 Å². The van der Waals surface area contributed by atoms with Crippen molar-refractivity contribution in [3.05, 3.63) is 29.8 Å². The first kappa shape index (κ1) is 13.4. The van der Waals surface area contributed by atoms with Gasteiger partial charge in [0.15, 0.2) is 0 Å². The molecule has 1 saturated carbocycles. The molecule has 1 aliphatic carbocycles. The van der Waals surface area contributed by atoms with Gasteiger partial charge in [-0.1, -0.05) is 31.0 Å². The molecular weight excluding hydrogens is 250 g/mol. The summed E-state index contributed by atoms with van der Waals surface area (Å²) < 4.78 is 0. The van der Waals surface area contributed by atoms with Crippen LogP contribution >= 0.6 is 11.8 Å². The molecule has 104 valence electrons. The molecule has 1 fully saturated rings. The minimum atomic E-state index is 0.210. The second-order valence-electron chi connectivity index (χ2n) is 6.87. The van der Waals surface area contributed by atoms with Crippen molar-refractivity contribution in [1.29, 1.82) is 0 Å². The third kappa shape index (κ3) is 2.52. The number of benzene rings is 1. The summed E-state index contributed by atoms with van der Waals surface area (Å²) in [4.78, 5) is 2.73. The summed E-state index contributed by atoms with van der Waals surface area (Å²) in [5.74, 6) is 1.18. The van der Waals surface area contributed by atoms with E-state index in [1.54, 1.807) is 0 Å². The van der Waals surface area contributed by atoms with Crippen molar-refractivity contribution in [2.45, 2.75) is 69.0 Å². The first-order valence-corrected chi connectivity index (χ1v) is 8.61. The molecule has 3 rings (SSSR count). The smallest absolute Gasteiger partial charge is 0.0414 e. The molecule has 0 spiro atoms. The Kier molecular flexibility index (Phi) is 3.55. The number of para-hydroxylation sites is 1. The summed E-state index contributed by atoms with van der Waals surface area (Å²) in [5, 5.41) is 0.820. The highest BCUT2D eigenvalue weighted by Crippen LogP contribution is 2.44. The lowest BCUT2D eigenvalue weighted by molar-refractivity contribution is 0.363. The molecule has 0 bridgehead atoms. The number of rotatable bonds is 0. The molecule has 0 aromatic heterocycles. The standard InChI is InChI=1S/C17H25NS/c1-17(2,3)18-14-9-5-4-8-13(14)12-19-16-11-7-6-10-15(16)18/h4-5,8-9,15-16H,6-7,10-12H2,1-3H3. The minimum Gasteiger partial charge on any atom is -0.362 e. The highest BCUT2D eigenvalue weighted by atomic mass is 32.2. The zero-order valence-corrected chi connectivity index (χ0v) is 13.2. The zero-order chi connectivity index (χ0) is 13.5. The van der Waals surface area contributed by atoms with Gasteiger partial charge in [0.05, 0.1) is 0 Å². The summed E-state index contributed by atoms with van der Waals surface area (Å²) in [7, 11) is 0. The Morgan fingerprint density at radius 1 is 1.11 bits per heavy atom. The third-order valence-corrected chi connectivity index (χ3v) is 5.88. The van der Waals surface area contributed by atoms with Crippen LogP contribution in [0.4, 0.5) is 5.69 Å². The van der Waals surface area contributed by atoms with Gasteiger partial charge in [0.25, 0.3) is 0 Å². The molecule has 1 heterocycles. The molecule has 2 atom stereocenters. The van der Waals surface area contributed by atoms with Crippen molar-refractivity contribution in [2.75, 3.05) is 4.90 Å². The van der Waals surface area contributed by atoms with Crippen LogP contribution in [0, 0.1) is 0 Å². The second kappa shape index (κ2) is 5.05. The molecule has 2 heteroatoms. The number of fused-ring (bicyclic) bond motifs is 2. The minimum absolute atomic E-state index is 0.210. The quantitative estimate of drug-likeness (QED) is 0.666. The molecule has 0 radical (unpaired) electrons. The van der Waals surface area contributed by atoms with E-state index in [1.165, 1.54) is 42.7 Å². The van der Waals surface area contributed by atoms with Gasteiger partial charge in [-0.15, -0.1) is 0 Å². The summed E-state index contributed by atoms with van der Waals surface area (Å²) in [5.41, 5.74) is 3.22. The van der Waals surface area contributed by atoms with Crippen LogP contribution in [-0.4, -0.2) is 16.8 Å². The zero-order valence-electron chi connectivity index (χ0n) is 12.4. The fourth-order valence-electron chi connectivity index (χ4n) is 3.67. The van der Waals surface area contributed by atoms with E-state index >= 15 is 0 Å². The van der Waals surface area contributed by atoms with Crippen LogP contribution in [0.2, 0.25) is 0 Å². The number of hydrogen-bond acceptors (Lipinski definition) is 2. The van der Waals surface area contributed by atoms with E-state index in [4.69, 9.17) is 0 Å². The van der Waals surface area contributed by atoms with Gasteiger partial charge in [0.2, 0.25) is 0 Å². The maximum absolute atomic E-state index is 2.73. The monoisotopic (exact) mass is 275 g/mol. The number of hydrogen-bond donors (Lipinski definition) is 0. The Hall–Kier alpha value is -0.630. The first-order valence-electron chi connectivity index (χ1n) is 7.56. The summed E-state index contributed by atoms with van der Waals surface area (Å²) in [6.07, 6.45) is 5.58. The van der Waals surface area contributed by atoms with Gasteiger partial charge >= 0.3 is 0 Å². The van der Waals surface area contributed by atoms with Crippen LogP contribution in [0.5, 0.6) is 0 Å². The Labute approximate surface area is 121 Å². The van der Waals surface area contributed by atoms with Crippen LogP contribution < -0.4 is 4.90 Å². The van der Waals surface area contributed by atoms with Crippen LogP contribution in [0.1, 0.15) is 52.0 Å². The number of thioether (sulfide) groups is 1. The molecule has 0 amide bonds. The largest absolute Gasteiger partial charge is 0.362 e. The number of anilines is 1. The van der Waals surface area contributed by atoms with E-state index in [1.807, 2.05) is 0 Å². The van der Waals surface area contributed by atoms with E-state index in [0.29, 0.717) is 0 Å². The molecule has 2 aliphatic rings. The third-order valence-electron chi connectivity index (χ3n) is 4.43. The van der Waals surface area contributed by atoms with Gasteiger partial charge in [-0.05, 0) is 45.2 Å². The van der Waals surface area contributed by atoms with Crippen molar-refractivity contribution >= 4 is 17.4 Å². The van der Waals surface area contributed by atoms with E-state index in [0.717, 1.165) is 11.3 Å². The molecule has 1 nitrogen and oxygen atoms in total. The lowest BCUT2D eigenvalue weighted by Crippen LogP contribution is -2.53. The summed E-state index contributed by atoms with van der Waals surface area (Å²) >= 11 is 2.19. The molecule has 2 unspecified atom stereocenters. The topological polar surface area (TPSA) is 3.24 Å². The average molecular weight is 275 g/mol. The molecule has 1 aromatic carbocycles. The van der Waals surface area contributed by atoms with E-state index in [-0.39, 0.29) is 5.54 Å². The molecule has 19 heavy (non-hydrogen) atoms. The lowest BCUT2D eigenvalue weighted by atomic mass is 9.89. The fraction of sp³-hybridized carbons (Fsp3) is 0.647. The summed E-state index contributed by atoms with van der Waals surface area (Å²) in [6.45, 7) is 7.10. The highest BCUT2D eigenvalue weighted by Gasteiger charge is 2.38. The van der Waals surface area contributed by atoms with E-state index in [2.05, 4.69) is 61.7 Å². The first-order chi connectivity index (χ1) is 9.07. The van der Waals surface area contributed by atoms with Crippen molar-refractivity contribution < 1.29 is 0 Å². The van der Waals surface area contributed by atoms with Gasteiger partial charge in [0, 0.05) is 28.3 Å². The average Bonchev–Trinajstić information content (AvgIpc) is 2.54. The SMILES string of the molecule is CC(C)(C)N1c2ccccc2CSC2CCCCC21. The normalized spacial score (nSPS) is 27.4. The van der Waals surface area contributed by atoms with Gasteiger partial charge < -0.3 is 4.90 Å². The van der Waals surface area contributed by atoms with Crippen molar-refractivity contribution in [3.8, 4) is 0 Å². The fourth-order valence-corrected chi connectivity index (χ4v) is 5.12. The molecular formula is C17H25NS. The van der Waals surface area contributed by atoms with Gasteiger partial charge in [-0.2, -0.15) is 11.8 Å². The Bertz CT molecular complexity index is 449. The molecule has 1 aliphatic heterocycles. The molecule has 1 aromatic rings. The maximum atomic E-state index is 2.73. The van der Waals surface area contributed by atoms with Crippen LogP contribution in [0.15, 0.2) is 24.3 Å². The molecule has 0 N–H and O–H groups in total. The van der Waals surface area contributed by atoms with E-state index in [9.17, 15) is 0 Å². The second-order valence-corrected chi connectivity index (χ2v) is 8.10. The Morgan fingerprint density at radius 2 is 1.84 bits per heavy atom. The van der Waals surface area contributed by atoms with Crippen LogP contribution in [-0.2, 0) is 5.75 Å². The number of nitrogens with zero attached hydrogens (tertiary/aromatic N) is 1. The van der Waals surface area contributed by atoms with Gasteiger partial charge in [-0.3, -0.25) is 0 Å². The maximum Gasteiger partial charge on any atom is 0.0414 e. The molecule has 0 saturated heterocycles. The Balaban J connectivity index is 2.07. The van der Waals surface area contributed by atoms with Crippen molar-refractivity contribution in [2.24, 2.45) is 0 Å². The van der Waals surface area contributed by atoms with Gasteiger partial charge in [-0.25, -0.2) is 0 Å². The van der Waals surface area contributed by atoms with E-state index < -0.39 is 0 Å². The predicted molar refractivity (Wildman–Crippen MR) is 86.0 cm³/mol.